The first-order valence-electron chi connectivity index (χ1n) is 9.70. The van der Waals surface area contributed by atoms with Crippen molar-refractivity contribution in [3.63, 3.8) is 0 Å². The monoisotopic (exact) mass is 437 g/mol. The molecule has 0 aliphatic carbocycles. The molecular weight excluding hydrogens is 410 g/mol. The molecular formula is C21H27N9S. The summed E-state index contributed by atoms with van der Waals surface area (Å²) in [5, 5.41) is 11.3. The fraction of sp³-hybridized carbons (Fsp3) is 0.238. The molecule has 10 heteroatoms. The van der Waals surface area contributed by atoms with E-state index in [-0.39, 0.29) is 0 Å². The lowest BCUT2D eigenvalue weighted by atomic mass is 10.1. The smallest absolute Gasteiger partial charge is 0.163 e. The SMILES string of the molecule is CC(=N)c1c(N)nc(-c2ccc(NSc3ccc(N)nc3)cc2)nc1NCCN(C)C. The molecule has 0 atom stereocenters. The van der Waals surface area contributed by atoms with Crippen LogP contribution in [0.5, 0.6) is 0 Å². The van der Waals surface area contributed by atoms with Crippen LogP contribution in [0.25, 0.3) is 11.4 Å². The van der Waals surface area contributed by atoms with Gasteiger partial charge in [0.15, 0.2) is 5.82 Å². The summed E-state index contributed by atoms with van der Waals surface area (Å²) in [6, 6.07) is 11.4. The second-order valence-electron chi connectivity index (χ2n) is 7.21. The van der Waals surface area contributed by atoms with Crippen molar-refractivity contribution in [2.75, 3.05) is 48.7 Å². The number of hydrogen-bond donors (Lipinski definition) is 5. The molecule has 0 aliphatic rings. The zero-order chi connectivity index (χ0) is 22.4. The van der Waals surface area contributed by atoms with E-state index in [2.05, 4.69) is 29.9 Å². The van der Waals surface area contributed by atoms with E-state index in [0.717, 1.165) is 22.7 Å². The maximum atomic E-state index is 8.04. The first kappa shape index (κ1) is 22.3. The molecule has 0 spiro atoms. The van der Waals surface area contributed by atoms with Crippen molar-refractivity contribution in [3.05, 3.63) is 48.2 Å². The van der Waals surface area contributed by atoms with Crippen molar-refractivity contribution < 1.29 is 0 Å². The minimum atomic E-state index is 0.290. The Morgan fingerprint density at radius 1 is 1.10 bits per heavy atom. The first-order valence-corrected chi connectivity index (χ1v) is 10.5. The van der Waals surface area contributed by atoms with Crippen molar-refractivity contribution in [1.82, 2.24) is 19.9 Å². The van der Waals surface area contributed by atoms with E-state index in [1.165, 1.54) is 11.9 Å². The minimum absolute atomic E-state index is 0.290. The summed E-state index contributed by atoms with van der Waals surface area (Å²) in [7, 11) is 4.00. The number of nitrogens with two attached hydrogens (primary N) is 2. The van der Waals surface area contributed by atoms with Gasteiger partial charge in [0, 0.05) is 41.1 Å². The Balaban J connectivity index is 1.77. The van der Waals surface area contributed by atoms with Crippen LogP contribution in [0, 0.1) is 5.41 Å². The van der Waals surface area contributed by atoms with Crippen molar-refractivity contribution in [1.29, 1.82) is 5.41 Å². The second-order valence-corrected chi connectivity index (χ2v) is 8.09. The Kier molecular flexibility index (Phi) is 7.27. The van der Waals surface area contributed by atoms with Crippen molar-refractivity contribution in [2.24, 2.45) is 0 Å². The Morgan fingerprint density at radius 3 is 2.45 bits per heavy atom. The Bertz CT molecular complexity index is 1030. The number of nitrogen functional groups attached to an aromatic ring is 2. The first-order chi connectivity index (χ1) is 14.8. The van der Waals surface area contributed by atoms with Gasteiger partial charge in [0.1, 0.15) is 17.5 Å². The van der Waals surface area contributed by atoms with Gasteiger partial charge in [0.2, 0.25) is 0 Å². The Labute approximate surface area is 186 Å². The largest absolute Gasteiger partial charge is 0.384 e. The molecule has 3 rings (SSSR count). The van der Waals surface area contributed by atoms with Gasteiger partial charge in [-0.1, -0.05) is 0 Å². The fourth-order valence-corrected chi connectivity index (χ4v) is 3.37. The highest BCUT2D eigenvalue weighted by Crippen LogP contribution is 2.27. The van der Waals surface area contributed by atoms with Gasteiger partial charge < -0.3 is 31.8 Å². The van der Waals surface area contributed by atoms with Crippen LogP contribution in [0.4, 0.5) is 23.1 Å². The fourth-order valence-electron chi connectivity index (χ4n) is 2.76. The zero-order valence-electron chi connectivity index (χ0n) is 17.8. The molecule has 31 heavy (non-hydrogen) atoms. The van der Waals surface area contributed by atoms with Gasteiger partial charge in [-0.05, 0) is 69.4 Å². The molecule has 2 aromatic heterocycles. The molecule has 1 aromatic carbocycles. The van der Waals surface area contributed by atoms with Gasteiger partial charge in [-0.3, -0.25) is 0 Å². The molecule has 0 fully saturated rings. The third-order valence-corrected chi connectivity index (χ3v) is 5.17. The average Bonchev–Trinajstić information content (AvgIpc) is 2.73. The lowest BCUT2D eigenvalue weighted by Gasteiger charge is -2.16. The van der Waals surface area contributed by atoms with Gasteiger partial charge in [0.25, 0.3) is 0 Å². The molecule has 0 bridgehead atoms. The predicted octanol–water partition coefficient (Wildman–Crippen LogP) is 3.18. The summed E-state index contributed by atoms with van der Waals surface area (Å²) < 4.78 is 3.27. The molecule has 0 saturated carbocycles. The number of benzene rings is 1. The number of aromatic nitrogens is 3. The number of nitrogens with zero attached hydrogens (tertiary/aromatic N) is 4. The number of anilines is 4. The predicted molar refractivity (Wildman–Crippen MR) is 130 cm³/mol. The number of pyridine rings is 1. The summed E-state index contributed by atoms with van der Waals surface area (Å²) in [5.74, 6) is 1.87. The van der Waals surface area contributed by atoms with Crippen molar-refractivity contribution in [3.8, 4) is 11.4 Å². The summed E-state index contributed by atoms with van der Waals surface area (Å²) in [6.45, 7) is 3.20. The van der Waals surface area contributed by atoms with E-state index in [4.69, 9.17) is 16.9 Å². The average molecular weight is 438 g/mol. The summed E-state index contributed by atoms with van der Waals surface area (Å²) in [5.41, 5.74) is 14.4. The summed E-state index contributed by atoms with van der Waals surface area (Å²) >= 11 is 1.45. The van der Waals surface area contributed by atoms with Crippen LogP contribution in [-0.2, 0) is 0 Å². The third kappa shape index (κ3) is 6.06. The van der Waals surface area contributed by atoms with Crippen molar-refractivity contribution in [2.45, 2.75) is 11.8 Å². The van der Waals surface area contributed by atoms with Gasteiger partial charge in [-0.2, -0.15) is 0 Å². The summed E-state index contributed by atoms with van der Waals surface area (Å²) in [6.07, 6.45) is 1.72. The van der Waals surface area contributed by atoms with Crippen LogP contribution in [-0.4, -0.2) is 52.7 Å². The van der Waals surface area contributed by atoms with Gasteiger partial charge in [0.05, 0.1) is 5.56 Å². The van der Waals surface area contributed by atoms with Crippen LogP contribution >= 0.6 is 11.9 Å². The second kappa shape index (κ2) is 10.1. The molecule has 9 nitrogen and oxygen atoms in total. The van der Waals surface area contributed by atoms with Crippen molar-refractivity contribution >= 4 is 40.8 Å². The lowest BCUT2D eigenvalue weighted by Crippen LogP contribution is -2.22. The number of hydrogen-bond acceptors (Lipinski definition) is 10. The minimum Gasteiger partial charge on any atom is -0.384 e. The number of rotatable bonds is 9. The van der Waals surface area contributed by atoms with E-state index in [0.29, 0.717) is 41.1 Å². The molecule has 0 amide bonds. The van der Waals surface area contributed by atoms with Crippen LogP contribution in [0.1, 0.15) is 12.5 Å². The van der Waals surface area contributed by atoms with Gasteiger partial charge >= 0.3 is 0 Å². The molecule has 7 N–H and O–H groups in total. The Morgan fingerprint density at radius 2 is 1.84 bits per heavy atom. The molecule has 2 heterocycles. The maximum Gasteiger partial charge on any atom is 0.163 e. The lowest BCUT2D eigenvalue weighted by molar-refractivity contribution is 0.425. The molecule has 0 saturated heterocycles. The Hall–Kier alpha value is -3.37. The molecule has 3 aromatic rings. The molecule has 162 valence electrons. The quantitative estimate of drug-likeness (QED) is 0.252. The maximum absolute atomic E-state index is 8.04. The molecule has 0 radical (unpaired) electrons. The highest BCUT2D eigenvalue weighted by atomic mass is 32.2. The molecule has 0 unspecified atom stereocenters. The van der Waals surface area contributed by atoms with Gasteiger partial charge in [-0.25, -0.2) is 15.0 Å². The van der Waals surface area contributed by atoms with E-state index in [1.54, 1.807) is 19.2 Å². The van der Waals surface area contributed by atoms with Crippen LogP contribution < -0.4 is 21.5 Å². The van der Waals surface area contributed by atoms with E-state index in [9.17, 15) is 0 Å². The standard InChI is InChI=1S/C21H27N9S/c1-13(22)18-19(24)27-20(28-21(18)25-10-11-30(2)3)14-4-6-15(7-5-14)29-31-16-8-9-17(23)26-12-16/h4-9,12,22,29H,10-11H2,1-3H3,(H2,23,26)(H3,24,25,27,28). The van der Waals surface area contributed by atoms with E-state index < -0.39 is 0 Å². The topological polar surface area (TPSA) is 142 Å². The van der Waals surface area contributed by atoms with Crippen LogP contribution in [0.3, 0.4) is 0 Å². The summed E-state index contributed by atoms with van der Waals surface area (Å²) in [4.78, 5) is 16.2. The highest BCUT2D eigenvalue weighted by Gasteiger charge is 2.15. The van der Waals surface area contributed by atoms with E-state index in [1.807, 2.05) is 44.4 Å². The number of likely N-dealkylation sites (N-methyl/N-ethyl adjacent to an activating group) is 1. The van der Waals surface area contributed by atoms with E-state index >= 15 is 0 Å². The third-order valence-electron chi connectivity index (χ3n) is 4.35. The molecule has 0 aliphatic heterocycles. The van der Waals surface area contributed by atoms with Crippen LogP contribution in [0.2, 0.25) is 0 Å². The van der Waals surface area contributed by atoms with Crippen LogP contribution in [0.15, 0.2) is 47.5 Å². The highest BCUT2D eigenvalue weighted by molar-refractivity contribution is 8.00. The normalized spacial score (nSPS) is 10.8. The van der Waals surface area contributed by atoms with Gasteiger partial charge in [-0.15, -0.1) is 0 Å². The number of nitrogens with one attached hydrogen (secondary N) is 3. The zero-order valence-corrected chi connectivity index (χ0v) is 18.6.